The van der Waals surface area contributed by atoms with Gasteiger partial charge in [-0.1, -0.05) is 6.08 Å². The van der Waals surface area contributed by atoms with Crippen LogP contribution in [0.2, 0.25) is 0 Å². The molecule has 0 saturated carbocycles. The number of hydrogen-bond acceptors (Lipinski definition) is 2. The Kier molecular flexibility index (Phi) is 4.13. The molecular formula is C15H19FN2. The minimum Gasteiger partial charge on any atom is -0.371 e. The quantitative estimate of drug-likeness (QED) is 0.736. The van der Waals surface area contributed by atoms with E-state index in [2.05, 4.69) is 16.6 Å². The molecule has 18 heavy (non-hydrogen) atoms. The van der Waals surface area contributed by atoms with Crippen molar-refractivity contribution in [3.05, 3.63) is 35.7 Å². The molecule has 3 heteroatoms. The predicted octanol–water partition coefficient (Wildman–Crippen LogP) is 4.00. The molecule has 0 radical (unpaired) electrons. The largest absolute Gasteiger partial charge is 0.371 e. The van der Waals surface area contributed by atoms with Crippen molar-refractivity contribution in [3.63, 3.8) is 0 Å². The van der Waals surface area contributed by atoms with Gasteiger partial charge < -0.3 is 4.90 Å². The molecule has 0 atom stereocenters. The summed E-state index contributed by atoms with van der Waals surface area (Å²) in [4.78, 5) is 6.30. The minimum absolute atomic E-state index is 0.228. The Morgan fingerprint density at radius 1 is 1.33 bits per heavy atom. The van der Waals surface area contributed by atoms with Crippen LogP contribution in [-0.2, 0) is 0 Å². The van der Waals surface area contributed by atoms with Gasteiger partial charge in [0.15, 0.2) is 0 Å². The third kappa shape index (κ3) is 2.61. The van der Waals surface area contributed by atoms with E-state index >= 15 is 0 Å². The van der Waals surface area contributed by atoms with Crippen LogP contribution in [0.25, 0.3) is 5.70 Å². The first-order valence-electron chi connectivity index (χ1n) is 6.44. The van der Waals surface area contributed by atoms with Crippen LogP contribution in [-0.4, -0.2) is 24.7 Å². The monoisotopic (exact) mass is 246 g/mol. The molecule has 1 heterocycles. The van der Waals surface area contributed by atoms with Crippen molar-refractivity contribution in [2.75, 3.05) is 13.1 Å². The van der Waals surface area contributed by atoms with Gasteiger partial charge in [0.05, 0.1) is 5.69 Å². The summed E-state index contributed by atoms with van der Waals surface area (Å²) in [6.45, 7) is 7.62. The number of allylic oxidation sites excluding steroid dienone is 1. The third-order valence-electron chi connectivity index (χ3n) is 3.38. The number of halogens is 1. The van der Waals surface area contributed by atoms with Gasteiger partial charge >= 0.3 is 0 Å². The highest BCUT2D eigenvalue weighted by atomic mass is 19.1. The van der Waals surface area contributed by atoms with Crippen LogP contribution in [0.1, 0.15) is 31.7 Å². The van der Waals surface area contributed by atoms with Crippen LogP contribution < -0.4 is 0 Å². The number of hydrogen-bond donors (Lipinski definition) is 0. The first kappa shape index (κ1) is 12.8. The second-order valence-corrected chi connectivity index (χ2v) is 4.54. The number of nitrogens with zero attached hydrogens (tertiary/aromatic N) is 2. The molecule has 1 aliphatic heterocycles. The molecule has 2 rings (SSSR count). The Balaban J connectivity index is 2.37. The van der Waals surface area contributed by atoms with Crippen molar-refractivity contribution >= 4 is 18.1 Å². The maximum Gasteiger partial charge on any atom is 0.124 e. The van der Waals surface area contributed by atoms with Crippen molar-refractivity contribution in [1.82, 2.24) is 4.90 Å². The predicted molar refractivity (Wildman–Crippen MR) is 74.7 cm³/mol. The topological polar surface area (TPSA) is 15.6 Å². The summed E-state index contributed by atoms with van der Waals surface area (Å²) in [7, 11) is 0. The Bertz CT molecular complexity index is 460. The van der Waals surface area contributed by atoms with E-state index in [0.29, 0.717) is 0 Å². The summed E-state index contributed by atoms with van der Waals surface area (Å²) < 4.78 is 13.4. The maximum atomic E-state index is 13.4. The zero-order chi connectivity index (χ0) is 13.0. The molecule has 0 spiro atoms. The van der Waals surface area contributed by atoms with Crippen LogP contribution in [0.3, 0.4) is 0 Å². The van der Waals surface area contributed by atoms with Gasteiger partial charge in [-0.05, 0) is 51.1 Å². The van der Waals surface area contributed by atoms with Gasteiger partial charge in [-0.25, -0.2) is 4.39 Å². The van der Waals surface area contributed by atoms with E-state index in [4.69, 9.17) is 0 Å². The summed E-state index contributed by atoms with van der Waals surface area (Å²) in [6.07, 6.45) is 5.71. The SMILES string of the molecule is C=Nc1ccc(F)cc1/C(=C\C)N1CCCCC1. The molecule has 0 aromatic heterocycles. The van der Waals surface area contributed by atoms with E-state index in [9.17, 15) is 4.39 Å². The average molecular weight is 246 g/mol. The summed E-state index contributed by atoms with van der Waals surface area (Å²) in [6, 6.07) is 4.66. The summed E-state index contributed by atoms with van der Waals surface area (Å²) in [5.74, 6) is -0.228. The second-order valence-electron chi connectivity index (χ2n) is 4.54. The fourth-order valence-corrected chi connectivity index (χ4v) is 2.49. The first-order valence-corrected chi connectivity index (χ1v) is 6.44. The standard InChI is InChI=1S/C15H19FN2/c1-3-15(18-9-5-4-6-10-18)13-11-12(16)7-8-14(13)17-2/h3,7-8,11H,2,4-6,9-10H2,1H3/b15-3+. The summed E-state index contributed by atoms with van der Waals surface area (Å²) in [5, 5.41) is 0. The van der Waals surface area contributed by atoms with Gasteiger partial charge in [-0.3, -0.25) is 4.99 Å². The van der Waals surface area contributed by atoms with Gasteiger partial charge in [-0.2, -0.15) is 0 Å². The molecule has 0 unspecified atom stereocenters. The third-order valence-corrected chi connectivity index (χ3v) is 3.38. The van der Waals surface area contributed by atoms with Crippen LogP contribution in [0, 0.1) is 5.82 Å². The number of piperidine rings is 1. The van der Waals surface area contributed by atoms with Crippen LogP contribution in [0.4, 0.5) is 10.1 Å². The molecule has 2 nitrogen and oxygen atoms in total. The van der Waals surface area contributed by atoms with Crippen LogP contribution in [0.5, 0.6) is 0 Å². The van der Waals surface area contributed by atoms with E-state index in [1.165, 1.54) is 25.3 Å². The summed E-state index contributed by atoms with van der Waals surface area (Å²) in [5.41, 5.74) is 2.65. The Morgan fingerprint density at radius 3 is 2.67 bits per heavy atom. The second kappa shape index (κ2) is 5.80. The normalized spacial score (nSPS) is 16.8. The molecule has 1 aromatic carbocycles. The molecule has 1 saturated heterocycles. The smallest absolute Gasteiger partial charge is 0.124 e. The first-order chi connectivity index (χ1) is 8.76. The van der Waals surface area contributed by atoms with Crippen molar-refractivity contribution in [2.24, 2.45) is 4.99 Å². The number of rotatable bonds is 3. The van der Waals surface area contributed by atoms with Gasteiger partial charge in [0.2, 0.25) is 0 Å². The van der Waals surface area contributed by atoms with Gasteiger partial charge in [-0.15, -0.1) is 0 Å². The molecule has 0 N–H and O–H groups in total. The number of aliphatic imine (C=N–C) groups is 1. The molecular weight excluding hydrogens is 227 g/mol. The highest BCUT2D eigenvalue weighted by Gasteiger charge is 2.17. The van der Waals surface area contributed by atoms with Crippen molar-refractivity contribution in [2.45, 2.75) is 26.2 Å². The number of likely N-dealkylation sites (tertiary alicyclic amines) is 1. The van der Waals surface area contributed by atoms with Crippen LogP contribution >= 0.6 is 0 Å². The summed E-state index contributed by atoms with van der Waals surface area (Å²) >= 11 is 0. The fourth-order valence-electron chi connectivity index (χ4n) is 2.49. The van der Waals surface area contributed by atoms with E-state index in [-0.39, 0.29) is 5.82 Å². The minimum atomic E-state index is -0.228. The van der Waals surface area contributed by atoms with Crippen molar-refractivity contribution < 1.29 is 4.39 Å². The lowest BCUT2D eigenvalue weighted by Crippen LogP contribution is -2.28. The highest BCUT2D eigenvalue weighted by Crippen LogP contribution is 2.31. The Labute approximate surface area is 108 Å². The van der Waals surface area contributed by atoms with Crippen molar-refractivity contribution in [1.29, 1.82) is 0 Å². The fraction of sp³-hybridized carbons (Fsp3) is 0.400. The molecule has 1 fully saturated rings. The van der Waals surface area contributed by atoms with E-state index in [0.717, 1.165) is 30.0 Å². The Hall–Kier alpha value is -1.64. The van der Waals surface area contributed by atoms with Gasteiger partial charge in [0.1, 0.15) is 5.82 Å². The van der Waals surface area contributed by atoms with Crippen LogP contribution in [0.15, 0.2) is 29.3 Å². The molecule has 1 aromatic rings. The van der Waals surface area contributed by atoms with Gasteiger partial charge in [0.25, 0.3) is 0 Å². The zero-order valence-electron chi connectivity index (χ0n) is 10.8. The molecule has 0 aliphatic carbocycles. The maximum absolute atomic E-state index is 13.4. The molecule has 0 bridgehead atoms. The lowest BCUT2D eigenvalue weighted by molar-refractivity contribution is 0.325. The molecule has 1 aliphatic rings. The van der Waals surface area contributed by atoms with Crippen molar-refractivity contribution in [3.8, 4) is 0 Å². The van der Waals surface area contributed by atoms with Gasteiger partial charge in [0, 0.05) is 24.4 Å². The highest BCUT2D eigenvalue weighted by molar-refractivity contribution is 5.74. The molecule has 96 valence electrons. The average Bonchev–Trinajstić information content (AvgIpc) is 2.41. The van der Waals surface area contributed by atoms with E-state index < -0.39 is 0 Å². The Morgan fingerprint density at radius 2 is 2.06 bits per heavy atom. The van der Waals surface area contributed by atoms with E-state index in [1.807, 2.05) is 13.0 Å². The lowest BCUT2D eigenvalue weighted by Gasteiger charge is -2.31. The zero-order valence-corrected chi connectivity index (χ0v) is 10.8. The molecule has 0 amide bonds. The lowest BCUT2D eigenvalue weighted by atomic mass is 10.0. The number of benzene rings is 1. The van der Waals surface area contributed by atoms with E-state index in [1.54, 1.807) is 12.1 Å².